The zero-order valence-corrected chi connectivity index (χ0v) is 23.7. The first-order valence-electron chi connectivity index (χ1n) is 12.9. The molecule has 0 unspecified atom stereocenters. The number of likely N-dealkylation sites (tertiary alicyclic amines) is 1. The highest BCUT2D eigenvalue weighted by atomic mass is 35.5. The number of carbonyl (C=O) groups is 1. The van der Waals surface area contributed by atoms with Crippen LogP contribution in [0.3, 0.4) is 0 Å². The van der Waals surface area contributed by atoms with Crippen LogP contribution in [-0.4, -0.2) is 52.0 Å². The molecule has 0 bridgehead atoms. The quantitative estimate of drug-likeness (QED) is 0.286. The first-order valence-corrected chi connectivity index (χ1v) is 14.7. The summed E-state index contributed by atoms with van der Waals surface area (Å²) in [5.41, 5.74) is 1.07. The fourth-order valence-corrected chi connectivity index (χ4v) is 6.50. The summed E-state index contributed by atoms with van der Waals surface area (Å²) in [5, 5.41) is 1.05. The highest BCUT2D eigenvalue weighted by Crippen LogP contribution is 2.35. The predicted octanol–water partition coefficient (Wildman–Crippen LogP) is 6.18. The molecule has 0 N–H and O–H groups in total. The number of benzene rings is 2. The summed E-state index contributed by atoms with van der Waals surface area (Å²) in [5.74, 6) is 0.758. The Morgan fingerprint density at radius 1 is 1.10 bits per heavy atom. The fourth-order valence-electron chi connectivity index (χ4n) is 4.92. The van der Waals surface area contributed by atoms with Crippen molar-refractivity contribution in [2.75, 3.05) is 13.1 Å². The number of carbonyl (C=O) groups excluding carboxylic acids is 1. The van der Waals surface area contributed by atoms with Gasteiger partial charge < -0.3 is 9.64 Å². The van der Waals surface area contributed by atoms with Gasteiger partial charge in [-0.15, -0.1) is 0 Å². The van der Waals surface area contributed by atoms with E-state index in [1.807, 2.05) is 32.9 Å². The van der Waals surface area contributed by atoms with Crippen molar-refractivity contribution in [2.24, 2.45) is 5.92 Å². The molecule has 39 heavy (non-hydrogen) atoms. The van der Waals surface area contributed by atoms with Crippen LogP contribution in [-0.2, 0) is 21.2 Å². The number of para-hydroxylation sites is 1. The van der Waals surface area contributed by atoms with Gasteiger partial charge >= 0.3 is 6.09 Å². The Morgan fingerprint density at radius 2 is 1.82 bits per heavy atom. The van der Waals surface area contributed by atoms with Crippen LogP contribution in [0.4, 0.5) is 4.79 Å². The van der Waals surface area contributed by atoms with Gasteiger partial charge in [-0.3, -0.25) is 0 Å². The molecule has 4 aromatic rings. The van der Waals surface area contributed by atoms with E-state index in [0.717, 1.165) is 18.2 Å². The van der Waals surface area contributed by atoms with Crippen molar-refractivity contribution in [1.82, 2.24) is 18.8 Å². The predicted molar refractivity (Wildman–Crippen MR) is 151 cm³/mol. The van der Waals surface area contributed by atoms with Crippen LogP contribution in [0.2, 0.25) is 5.02 Å². The molecule has 204 valence electrons. The number of hydrogen-bond acceptors (Lipinski definition) is 6. The number of fused-ring (bicyclic) bond motifs is 1. The summed E-state index contributed by atoms with van der Waals surface area (Å²) >= 11 is 6.59. The summed E-state index contributed by atoms with van der Waals surface area (Å²) in [6, 6.07) is 15.6. The van der Waals surface area contributed by atoms with Gasteiger partial charge in [0.25, 0.3) is 10.0 Å². The van der Waals surface area contributed by atoms with E-state index < -0.39 is 15.6 Å². The number of amides is 1. The molecule has 2 aromatic heterocycles. The van der Waals surface area contributed by atoms with E-state index in [1.54, 1.807) is 59.8 Å². The maximum atomic E-state index is 13.5. The summed E-state index contributed by atoms with van der Waals surface area (Å²) in [6.45, 7) is 6.80. The molecule has 2 aromatic carbocycles. The molecule has 1 fully saturated rings. The van der Waals surface area contributed by atoms with Crippen LogP contribution >= 0.6 is 11.6 Å². The Balaban J connectivity index is 1.46. The molecule has 1 saturated heterocycles. The third-order valence-corrected chi connectivity index (χ3v) is 8.63. The van der Waals surface area contributed by atoms with Crippen molar-refractivity contribution < 1.29 is 17.9 Å². The van der Waals surface area contributed by atoms with E-state index in [1.165, 1.54) is 3.97 Å². The van der Waals surface area contributed by atoms with Crippen molar-refractivity contribution >= 4 is 38.6 Å². The van der Waals surface area contributed by atoms with Gasteiger partial charge in [-0.25, -0.2) is 27.2 Å². The van der Waals surface area contributed by atoms with Crippen LogP contribution in [0.15, 0.2) is 71.9 Å². The zero-order chi connectivity index (χ0) is 27.8. The van der Waals surface area contributed by atoms with E-state index in [4.69, 9.17) is 21.3 Å². The van der Waals surface area contributed by atoms with Crippen molar-refractivity contribution in [2.45, 2.75) is 50.5 Å². The number of rotatable bonds is 5. The van der Waals surface area contributed by atoms with Crippen LogP contribution < -0.4 is 0 Å². The lowest BCUT2D eigenvalue weighted by molar-refractivity contribution is 0.0165. The average Bonchev–Trinajstić information content (AvgIpc) is 3.30. The van der Waals surface area contributed by atoms with Crippen molar-refractivity contribution in [3.05, 3.63) is 77.8 Å². The van der Waals surface area contributed by atoms with Crippen LogP contribution in [0, 0.1) is 5.92 Å². The lowest BCUT2D eigenvalue weighted by Gasteiger charge is -2.34. The second-order valence-electron chi connectivity index (χ2n) is 10.8. The Morgan fingerprint density at radius 3 is 2.56 bits per heavy atom. The van der Waals surface area contributed by atoms with Crippen LogP contribution in [0.5, 0.6) is 0 Å². The highest BCUT2D eigenvalue weighted by molar-refractivity contribution is 7.90. The fraction of sp³-hybridized carbons (Fsp3) is 0.345. The topological polar surface area (TPSA) is 94.4 Å². The number of aromatic nitrogens is 3. The lowest BCUT2D eigenvalue weighted by atomic mass is 9.94. The largest absolute Gasteiger partial charge is 0.444 e. The molecule has 0 saturated carbocycles. The molecular weight excluding hydrogens is 536 g/mol. The molecule has 8 nitrogen and oxygen atoms in total. The van der Waals surface area contributed by atoms with Gasteiger partial charge in [0.2, 0.25) is 0 Å². The molecule has 1 aliphatic heterocycles. The summed E-state index contributed by atoms with van der Waals surface area (Å²) in [6.07, 6.45) is 5.20. The molecule has 10 heteroatoms. The number of hydrogen-bond donors (Lipinski definition) is 0. The SMILES string of the molecule is CC(C)(C)OC(=O)N1CCC[C@@H](Cc2ncc(Cl)c(-c3cn(S(=O)(=O)c4ccccc4)c4ccccc34)n2)C1. The van der Waals surface area contributed by atoms with E-state index in [-0.39, 0.29) is 16.9 Å². The zero-order valence-electron chi connectivity index (χ0n) is 22.2. The van der Waals surface area contributed by atoms with E-state index in [9.17, 15) is 13.2 Å². The van der Waals surface area contributed by atoms with Gasteiger partial charge in [0.05, 0.1) is 21.1 Å². The maximum absolute atomic E-state index is 13.5. The highest BCUT2D eigenvalue weighted by Gasteiger charge is 2.29. The third kappa shape index (κ3) is 5.79. The number of ether oxygens (including phenoxy) is 1. The number of nitrogens with zero attached hydrogens (tertiary/aromatic N) is 4. The summed E-state index contributed by atoms with van der Waals surface area (Å²) < 4.78 is 33.9. The van der Waals surface area contributed by atoms with Crippen molar-refractivity contribution in [1.29, 1.82) is 0 Å². The normalized spacial score (nSPS) is 16.4. The van der Waals surface area contributed by atoms with Gasteiger partial charge in [-0.05, 0) is 57.7 Å². The maximum Gasteiger partial charge on any atom is 0.410 e. The molecule has 0 spiro atoms. The molecule has 0 aliphatic carbocycles. The number of piperidine rings is 1. The molecule has 5 rings (SSSR count). The Kier molecular flexibility index (Phi) is 7.39. The monoisotopic (exact) mass is 566 g/mol. The Bertz CT molecular complexity index is 1610. The van der Waals surface area contributed by atoms with E-state index >= 15 is 0 Å². The molecule has 1 amide bonds. The standard InChI is InChI=1S/C29H31ClN4O4S/c1-29(2,3)38-28(35)33-15-9-10-20(18-33)16-26-31-17-24(30)27(32-26)23-19-34(25-14-8-7-13-22(23)25)39(36,37)21-11-5-4-6-12-21/h4-8,11-14,17,19-20H,9-10,15-16,18H2,1-3H3/t20-/m0/s1. The molecular formula is C29H31ClN4O4S. The minimum Gasteiger partial charge on any atom is -0.444 e. The summed E-state index contributed by atoms with van der Waals surface area (Å²) in [4.78, 5) is 23.8. The second kappa shape index (κ2) is 10.6. The lowest BCUT2D eigenvalue weighted by Crippen LogP contribution is -2.43. The first-order chi connectivity index (χ1) is 18.5. The molecule has 0 radical (unpaired) electrons. The van der Waals surface area contributed by atoms with Gasteiger partial charge in [0.15, 0.2) is 0 Å². The van der Waals surface area contributed by atoms with Crippen LogP contribution in [0.1, 0.15) is 39.4 Å². The molecule has 3 heterocycles. The van der Waals surface area contributed by atoms with Crippen molar-refractivity contribution in [3.63, 3.8) is 0 Å². The van der Waals surface area contributed by atoms with Gasteiger partial charge in [-0.2, -0.15) is 0 Å². The minimum absolute atomic E-state index is 0.167. The average molecular weight is 567 g/mol. The molecule has 1 atom stereocenters. The Labute approximate surface area is 233 Å². The van der Waals surface area contributed by atoms with Crippen molar-refractivity contribution in [3.8, 4) is 11.3 Å². The minimum atomic E-state index is -3.84. The van der Waals surface area contributed by atoms with Gasteiger partial charge in [0.1, 0.15) is 11.4 Å². The summed E-state index contributed by atoms with van der Waals surface area (Å²) in [7, 11) is -3.84. The Hall–Kier alpha value is -3.43. The van der Waals surface area contributed by atoms with Gasteiger partial charge in [-0.1, -0.05) is 48.0 Å². The second-order valence-corrected chi connectivity index (χ2v) is 13.0. The third-order valence-electron chi connectivity index (χ3n) is 6.67. The first kappa shape index (κ1) is 27.1. The smallest absolute Gasteiger partial charge is 0.410 e. The van der Waals surface area contributed by atoms with E-state index in [0.29, 0.717) is 47.1 Å². The van der Waals surface area contributed by atoms with Crippen LogP contribution in [0.25, 0.3) is 22.2 Å². The molecule has 1 aliphatic rings. The van der Waals surface area contributed by atoms with E-state index in [2.05, 4.69) is 4.98 Å². The number of halogens is 1. The van der Waals surface area contributed by atoms with Gasteiger partial charge in [0, 0.05) is 42.9 Å².